The summed E-state index contributed by atoms with van der Waals surface area (Å²) in [5.74, 6) is -5.48. The monoisotopic (exact) mass is 303 g/mol. The maximum Gasteiger partial charge on any atom is 0.320 e. The molecular formula is C9H13CaNO8. The third-order valence-corrected chi connectivity index (χ3v) is 2.03. The molecule has 0 saturated heterocycles. The van der Waals surface area contributed by atoms with Crippen molar-refractivity contribution in [3.8, 4) is 0 Å². The van der Waals surface area contributed by atoms with Crippen LogP contribution in [0.4, 0.5) is 0 Å². The minimum atomic E-state index is -1.46. The number of hydrogen-bond acceptors (Lipinski definition) is 5. The van der Waals surface area contributed by atoms with Crippen LogP contribution in [-0.2, 0) is 19.2 Å². The van der Waals surface area contributed by atoms with Crippen LogP contribution in [0.1, 0.15) is 12.8 Å². The second kappa shape index (κ2) is 9.96. The fourth-order valence-electron chi connectivity index (χ4n) is 1.35. The van der Waals surface area contributed by atoms with E-state index in [2.05, 4.69) is 0 Å². The molecule has 0 rings (SSSR count). The largest absolute Gasteiger partial charge is 0.481 e. The Hall–Kier alpha value is -0.900. The molecule has 0 aromatic rings. The molecule has 0 aliphatic carbocycles. The van der Waals surface area contributed by atoms with E-state index in [1.807, 2.05) is 0 Å². The summed E-state index contributed by atoms with van der Waals surface area (Å²) in [6.45, 7) is -1.58. The predicted molar refractivity (Wildman–Crippen MR) is 60.9 cm³/mol. The average molecular weight is 303 g/mol. The molecule has 19 heavy (non-hydrogen) atoms. The van der Waals surface area contributed by atoms with Crippen molar-refractivity contribution >= 4 is 61.6 Å². The third-order valence-electron chi connectivity index (χ3n) is 2.03. The van der Waals surface area contributed by atoms with Gasteiger partial charge >= 0.3 is 23.9 Å². The Kier molecular flexibility index (Phi) is 10.7. The zero-order chi connectivity index (χ0) is 14.3. The van der Waals surface area contributed by atoms with Gasteiger partial charge in [0.1, 0.15) is 6.04 Å². The summed E-state index contributed by atoms with van der Waals surface area (Å²) in [5.41, 5.74) is 0. The van der Waals surface area contributed by atoms with Gasteiger partial charge in [-0.25, -0.2) is 0 Å². The van der Waals surface area contributed by atoms with Gasteiger partial charge in [0.15, 0.2) is 0 Å². The minimum Gasteiger partial charge on any atom is -0.481 e. The Morgan fingerprint density at radius 3 is 1.53 bits per heavy atom. The Morgan fingerprint density at radius 2 is 1.26 bits per heavy atom. The molecule has 0 fully saturated rings. The van der Waals surface area contributed by atoms with Gasteiger partial charge in [-0.2, -0.15) is 0 Å². The van der Waals surface area contributed by atoms with Crippen LogP contribution in [0.3, 0.4) is 0 Å². The van der Waals surface area contributed by atoms with E-state index >= 15 is 0 Å². The van der Waals surface area contributed by atoms with Gasteiger partial charge in [0.05, 0.1) is 13.1 Å². The summed E-state index contributed by atoms with van der Waals surface area (Å²) in [7, 11) is 0. The fraction of sp³-hybridized carbons (Fsp3) is 0.556. The third kappa shape index (κ3) is 9.65. The molecule has 2 radical (unpaired) electrons. The predicted octanol–water partition coefficient (Wildman–Crippen LogP) is -1.61. The zero-order valence-electron chi connectivity index (χ0n) is 9.98. The first kappa shape index (κ1) is 20.4. The number of carboxylic acids is 4. The first-order valence-electron chi connectivity index (χ1n) is 4.86. The molecule has 4 N–H and O–H groups in total. The normalized spacial score (nSPS) is 11.4. The van der Waals surface area contributed by atoms with E-state index < -0.39 is 49.4 Å². The molecule has 0 aliphatic heterocycles. The maximum absolute atomic E-state index is 10.9. The summed E-state index contributed by atoms with van der Waals surface area (Å²) in [6.07, 6.45) is -0.863. The van der Waals surface area contributed by atoms with Crippen molar-refractivity contribution in [2.45, 2.75) is 18.9 Å². The second-order valence-electron chi connectivity index (χ2n) is 3.48. The molecular weight excluding hydrogens is 290 g/mol. The van der Waals surface area contributed by atoms with Gasteiger partial charge in [0, 0.05) is 44.2 Å². The average Bonchev–Trinajstić information content (AvgIpc) is 2.14. The Bertz CT molecular complexity index is 342. The van der Waals surface area contributed by atoms with Gasteiger partial charge in [-0.15, -0.1) is 0 Å². The Labute approximate surface area is 137 Å². The van der Waals surface area contributed by atoms with Gasteiger partial charge in [0.25, 0.3) is 0 Å². The van der Waals surface area contributed by atoms with Crippen molar-refractivity contribution in [2.24, 2.45) is 0 Å². The molecule has 104 valence electrons. The van der Waals surface area contributed by atoms with Crippen LogP contribution in [0, 0.1) is 0 Å². The molecule has 0 bridgehead atoms. The van der Waals surface area contributed by atoms with Crippen molar-refractivity contribution in [2.75, 3.05) is 13.1 Å². The summed E-state index contributed by atoms with van der Waals surface area (Å²) in [4.78, 5) is 43.0. The van der Waals surface area contributed by atoms with Gasteiger partial charge in [-0.1, -0.05) is 0 Å². The van der Waals surface area contributed by atoms with Crippen molar-refractivity contribution in [1.82, 2.24) is 4.90 Å². The fourth-order valence-corrected chi connectivity index (χ4v) is 1.35. The Morgan fingerprint density at radius 1 is 0.842 bits per heavy atom. The van der Waals surface area contributed by atoms with Crippen LogP contribution in [0.15, 0.2) is 0 Å². The molecule has 0 amide bonds. The summed E-state index contributed by atoms with van der Waals surface area (Å²) in [6, 6.07) is -1.46. The van der Waals surface area contributed by atoms with E-state index in [4.69, 9.17) is 20.4 Å². The van der Waals surface area contributed by atoms with E-state index in [9.17, 15) is 19.2 Å². The van der Waals surface area contributed by atoms with Crippen molar-refractivity contribution in [1.29, 1.82) is 0 Å². The van der Waals surface area contributed by atoms with Crippen molar-refractivity contribution in [3.05, 3.63) is 0 Å². The summed E-state index contributed by atoms with van der Waals surface area (Å²) in [5, 5.41) is 34.4. The van der Waals surface area contributed by atoms with E-state index in [0.29, 0.717) is 4.90 Å². The van der Waals surface area contributed by atoms with Crippen molar-refractivity contribution < 1.29 is 39.6 Å². The molecule has 0 saturated carbocycles. The molecule has 0 aliphatic rings. The minimum absolute atomic E-state index is 0. The van der Waals surface area contributed by atoms with Crippen LogP contribution < -0.4 is 0 Å². The van der Waals surface area contributed by atoms with Gasteiger partial charge in [0.2, 0.25) is 0 Å². The first-order chi connectivity index (χ1) is 8.23. The summed E-state index contributed by atoms with van der Waals surface area (Å²) < 4.78 is 0. The maximum atomic E-state index is 10.9. The number of nitrogens with zero attached hydrogens (tertiary/aromatic N) is 1. The number of carboxylic acid groups (broad SMARTS) is 4. The second-order valence-corrected chi connectivity index (χ2v) is 3.48. The van der Waals surface area contributed by atoms with E-state index in [1.165, 1.54) is 0 Å². The van der Waals surface area contributed by atoms with Crippen LogP contribution in [-0.4, -0.2) is 106 Å². The number of hydrogen-bond donors (Lipinski definition) is 4. The zero-order valence-corrected chi connectivity index (χ0v) is 12.2. The van der Waals surface area contributed by atoms with Crippen LogP contribution in [0.25, 0.3) is 0 Å². The van der Waals surface area contributed by atoms with Gasteiger partial charge in [-0.05, 0) is 6.42 Å². The smallest absolute Gasteiger partial charge is 0.320 e. The number of carbonyl (C=O) groups is 4. The van der Waals surface area contributed by atoms with Gasteiger partial charge in [-0.3, -0.25) is 24.1 Å². The first-order valence-corrected chi connectivity index (χ1v) is 4.86. The van der Waals surface area contributed by atoms with Gasteiger partial charge < -0.3 is 20.4 Å². The molecule has 10 heteroatoms. The van der Waals surface area contributed by atoms with Crippen LogP contribution >= 0.6 is 0 Å². The summed E-state index contributed by atoms with van der Waals surface area (Å²) >= 11 is 0. The van der Waals surface area contributed by atoms with Crippen LogP contribution in [0.5, 0.6) is 0 Å². The number of aliphatic carboxylic acids is 4. The molecule has 0 aromatic carbocycles. The molecule has 9 nitrogen and oxygen atoms in total. The van der Waals surface area contributed by atoms with E-state index in [0.717, 1.165) is 0 Å². The standard InChI is InChI=1S/C9H13NO8.Ca/c11-6(12)2-1-5(9(17)18)10(3-7(13)14)4-8(15)16;/h5H,1-4H2,(H,11,12)(H,13,14)(H,15,16)(H,17,18);/t5-;/m0./s1. The van der Waals surface area contributed by atoms with E-state index in [-0.39, 0.29) is 44.2 Å². The van der Waals surface area contributed by atoms with Crippen molar-refractivity contribution in [3.63, 3.8) is 0 Å². The number of rotatable bonds is 9. The Balaban J connectivity index is 0. The SMILES string of the molecule is O=C(O)CC[C@@H](C(=O)O)N(CC(=O)O)CC(=O)O.[Ca]. The van der Waals surface area contributed by atoms with E-state index in [1.54, 1.807) is 0 Å². The quantitative estimate of drug-likeness (QED) is 0.369. The topological polar surface area (TPSA) is 152 Å². The molecule has 0 spiro atoms. The molecule has 1 atom stereocenters. The molecule has 0 unspecified atom stereocenters. The molecule has 0 aromatic heterocycles. The van der Waals surface area contributed by atoms with Crippen LogP contribution in [0.2, 0.25) is 0 Å². The molecule has 0 heterocycles.